The summed E-state index contributed by atoms with van der Waals surface area (Å²) < 4.78 is 8.39. The van der Waals surface area contributed by atoms with Gasteiger partial charge in [0, 0.05) is 38.9 Å². The number of fused-ring (bicyclic) bond motifs is 1. The summed E-state index contributed by atoms with van der Waals surface area (Å²) in [7, 11) is 3.47. The second-order valence-corrected chi connectivity index (χ2v) is 5.83. The second-order valence-electron chi connectivity index (χ2n) is 5.83. The summed E-state index contributed by atoms with van der Waals surface area (Å²) >= 11 is 0. The Hall–Kier alpha value is -2.83. The van der Waals surface area contributed by atoms with Gasteiger partial charge in [-0.2, -0.15) is 5.10 Å². The summed E-state index contributed by atoms with van der Waals surface area (Å²) in [5.41, 5.74) is 2.31. The number of amides is 1. The quantitative estimate of drug-likeness (QED) is 0.717. The van der Waals surface area contributed by atoms with Crippen LogP contribution in [0, 0.1) is 0 Å². The van der Waals surface area contributed by atoms with Crippen molar-refractivity contribution in [3.8, 4) is 0 Å². The molecule has 2 aromatic heterocycles. The summed E-state index contributed by atoms with van der Waals surface area (Å²) in [6, 6.07) is 5.22. The molecular formula is C17H20N4O3. The van der Waals surface area contributed by atoms with E-state index in [1.54, 1.807) is 41.0 Å². The zero-order valence-electron chi connectivity index (χ0n) is 14.0. The Morgan fingerprint density at radius 3 is 2.79 bits per heavy atom. The molecule has 0 N–H and O–H groups in total. The van der Waals surface area contributed by atoms with Crippen LogP contribution in [0.15, 0.2) is 39.8 Å². The van der Waals surface area contributed by atoms with Crippen molar-refractivity contribution < 1.29 is 9.21 Å². The third-order valence-electron chi connectivity index (χ3n) is 3.96. The van der Waals surface area contributed by atoms with Crippen molar-refractivity contribution >= 4 is 17.0 Å². The molecule has 24 heavy (non-hydrogen) atoms. The van der Waals surface area contributed by atoms with Gasteiger partial charge in [0.1, 0.15) is 0 Å². The normalized spacial score (nSPS) is 11.1. The number of para-hydroxylation sites is 1. The number of carbonyl (C=O) groups excluding carboxylic acids is 1. The number of benzene rings is 1. The van der Waals surface area contributed by atoms with Crippen LogP contribution in [0.3, 0.4) is 0 Å². The molecule has 3 rings (SSSR count). The summed E-state index contributed by atoms with van der Waals surface area (Å²) in [5.74, 6) is -0.625. The Kier molecular flexibility index (Phi) is 4.24. The number of hydrogen-bond acceptors (Lipinski definition) is 4. The average molecular weight is 328 g/mol. The summed E-state index contributed by atoms with van der Waals surface area (Å²) in [6.45, 7) is 3.10. The molecule has 2 heterocycles. The van der Waals surface area contributed by atoms with E-state index in [0.717, 1.165) is 12.0 Å². The van der Waals surface area contributed by atoms with E-state index in [-0.39, 0.29) is 5.91 Å². The SMILES string of the molecule is CCCN(Cc1cnn(C)c1)C(=O)c1cccc2c1oc(=O)n2C. The van der Waals surface area contributed by atoms with Crippen LogP contribution in [0.1, 0.15) is 29.3 Å². The lowest BCUT2D eigenvalue weighted by atomic mass is 10.1. The molecule has 0 aliphatic heterocycles. The highest BCUT2D eigenvalue weighted by Gasteiger charge is 2.21. The first-order chi connectivity index (χ1) is 11.5. The molecule has 0 aliphatic carbocycles. The summed E-state index contributed by atoms with van der Waals surface area (Å²) in [6.07, 6.45) is 4.47. The maximum Gasteiger partial charge on any atom is 0.419 e. The van der Waals surface area contributed by atoms with Gasteiger partial charge in [0.25, 0.3) is 5.91 Å². The molecule has 3 aromatic rings. The first kappa shape index (κ1) is 16.0. The smallest absolute Gasteiger partial charge is 0.407 e. The standard InChI is InChI=1S/C17H20N4O3/c1-4-8-21(11-12-9-18-19(2)10-12)16(22)13-6-5-7-14-15(13)24-17(23)20(14)3/h5-7,9-10H,4,8,11H2,1-3H3. The molecule has 0 spiro atoms. The van der Waals surface area contributed by atoms with Crippen LogP contribution in [-0.4, -0.2) is 31.7 Å². The van der Waals surface area contributed by atoms with E-state index in [2.05, 4.69) is 5.10 Å². The molecule has 0 radical (unpaired) electrons. The fourth-order valence-corrected chi connectivity index (χ4v) is 2.79. The van der Waals surface area contributed by atoms with Gasteiger partial charge in [0.2, 0.25) is 0 Å². The largest absolute Gasteiger partial charge is 0.419 e. The van der Waals surface area contributed by atoms with E-state index >= 15 is 0 Å². The van der Waals surface area contributed by atoms with Gasteiger partial charge in [-0.1, -0.05) is 13.0 Å². The average Bonchev–Trinajstić information content (AvgIpc) is 3.10. The molecule has 1 amide bonds. The Bertz CT molecular complexity index is 935. The lowest BCUT2D eigenvalue weighted by Crippen LogP contribution is -2.31. The Balaban J connectivity index is 1.98. The van der Waals surface area contributed by atoms with Gasteiger partial charge >= 0.3 is 5.76 Å². The van der Waals surface area contributed by atoms with Crippen LogP contribution < -0.4 is 5.76 Å². The first-order valence-corrected chi connectivity index (χ1v) is 7.86. The molecule has 0 atom stereocenters. The summed E-state index contributed by atoms with van der Waals surface area (Å²) in [5, 5.41) is 4.14. The molecule has 0 saturated carbocycles. The molecule has 0 bridgehead atoms. The van der Waals surface area contributed by atoms with Gasteiger partial charge in [-0.25, -0.2) is 4.79 Å². The topological polar surface area (TPSA) is 73.3 Å². The predicted molar refractivity (Wildman–Crippen MR) is 89.7 cm³/mol. The number of aromatic nitrogens is 3. The fourth-order valence-electron chi connectivity index (χ4n) is 2.79. The summed E-state index contributed by atoms with van der Waals surface area (Å²) in [4.78, 5) is 26.5. The van der Waals surface area contributed by atoms with Crippen LogP contribution in [-0.2, 0) is 20.6 Å². The molecule has 0 aliphatic rings. The molecule has 7 nitrogen and oxygen atoms in total. The second kappa shape index (κ2) is 6.35. The van der Waals surface area contributed by atoms with Crippen molar-refractivity contribution in [2.24, 2.45) is 14.1 Å². The molecule has 0 unspecified atom stereocenters. The minimum absolute atomic E-state index is 0.152. The van der Waals surface area contributed by atoms with Crippen LogP contribution in [0.2, 0.25) is 0 Å². The maximum absolute atomic E-state index is 13.0. The van der Waals surface area contributed by atoms with Gasteiger partial charge in [-0.05, 0) is 18.6 Å². The van der Waals surface area contributed by atoms with E-state index in [4.69, 9.17) is 4.42 Å². The Morgan fingerprint density at radius 2 is 2.12 bits per heavy atom. The Labute approximate surface area is 139 Å². The van der Waals surface area contributed by atoms with Gasteiger partial charge in [0.15, 0.2) is 5.58 Å². The molecule has 0 fully saturated rings. The van der Waals surface area contributed by atoms with Crippen molar-refractivity contribution in [2.75, 3.05) is 6.54 Å². The maximum atomic E-state index is 13.0. The van der Waals surface area contributed by atoms with Crippen LogP contribution in [0.5, 0.6) is 0 Å². The molecule has 1 aromatic carbocycles. The number of oxazole rings is 1. The fraction of sp³-hybridized carbons (Fsp3) is 0.353. The molecule has 126 valence electrons. The predicted octanol–water partition coefficient (Wildman–Crippen LogP) is 1.92. The van der Waals surface area contributed by atoms with Crippen molar-refractivity contribution in [1.29, 1.82) is 0 Å². The number of carbonyl (C=O) groups is 1. The first-order valence-electron chi connectivity index (χ1n) is 7.86. The number of rotatable bonds is 5. The zero-order valence-corrected chi connectivity index (χ0v) is 14.0. The van der Waals surface area contributed by atoms with Crippen LogP contribution in [0.25, 0.3) is 11.1 Å². The van der Waals surface area contributed by atoms with Crippen molar-refractivity contribution in [3.05, 3.63) is 52.3 Å². The van der Waals surface area contributed by atoms with Crippen LogP contribution >= 0.6 is 0 Å². The van der Waals surface area contributed by atoms with Gasteiger partial charge in [-0.15, -0.1) is 0 Å². The lowest BCUT2D eigenvalue weighted by molar-refractivity contribution is 0.0744. The minimum Gasteiger partial charge on any atom is -0.407 e. The minimum atomic E-state index is -0.473. The molecular weight excluding hydrogens is 308 g/mol. The van der Waals surface area contributed by atoms with Gasteiger partial charge in [-0.3, -0.25) is 14.0 Å². The van der Waals surface area contributed by atoms with Crippen molar-refractivity contribution in [1.82, 2.24) is 19.2 Å². The van der Waals surface area contributed by atoms with Crippen LogP contribution in [0.4, 0.5) is 0 Å². The third kappa shape index (κ3) is 2.84. The van der Waals surface area contributed by atoms with E-state index in [9.17, 15) is 9.59 Å². The van der Waals surface area contributed by atoms with Gasteiger partial charge in [0.05, 0.1) is 17.3 Å². The number of nitrogens with zero attached hydrogens (tertiary/aromatic N) is 4. The highest BCUT2D eigenvalue weighted by atomic mass is 16.4. The zero-order chi connectivity index (χ0) is 17.3. The Morgan fingerprint density at radius 1 is 1.33 bits per heavy atom. The number of aryl methyl sites for hydroxylation is 2. The van der Waals surface area contributed by atoms with Crippen molar-refractivity contribution in [2.45, 2.75) is 19.9 Å². The van der Waals surface area contributed by atoms with E-state index < -0.39 is 5.76 Å². The highest BCUT2D eigenvalue weighted by molar-refractivity contribution is 6.04. The van der Waals surface area contributed by atoms with E-state index in [0.29, 0.717) is 29.8 Å². The monoisotopic (exact) mass is 328 g/mol. The third-order valence-corrected chi connectivity index (χ3v) is 3.96. The molecule has 7 heteroatoms. The molecule has 0 saturated heterocycles. The van der Waals surface area contributed by atoms with Crippen molar-refractivity contribution in [3.63, 3.8) is 0 Å². The van der Waals surface area contributed by atoms with E-state index in [1.807, 2.05) is 20.2 Å². The van der Waals surface area contributed by atoms with E-state index in [1.165, 1.54) is 4.57 Å². The highest BCUT2D eigenvalue weighted by Crippen LogP contribution is 2.20. The number of hydrogen-bond donors (Lipinski definition) is 0. The lowest BCUT2D eigenvalue weighted by Gasteiger charge is -2.21. The van der Waals surface area contributed by atoms with Gasteiger partial charge < -0.3 is 9.32 Å².